The maximum Gasteiger partial charge on any atom is 0.115 e. The number of hydrogen-bond donors (Lipinski definition) is 1. The first-order chi connectivity index (χ1) is 4.36. The third kappa shape index (κ3) is 1.32. The fourth-order valence-corrected chi connectivity index (χ4v) is 1.19. The second kappa shape index (κ2) is 1.95. The molecule has 2 unspecified atom stereocenters. The van der Waals surface area contributed by atoms with Crippen LogP contribution in [-0.4, -0.2) is 23.4 Å². The van der Waals surface area contributed by atoms with E-state index in [4.69, 9.17) is 4.74 Å². The van der Waals surface area contributed by atoms with Crippen LogP contribution in [0, 0.1) is 5.41 Å². The van der Waals surface area contributed by atoms with Crippen molar-refractivity contribution in [3.05, 3.63) is 0 Å². The zero-order chi connectivity index (χ0) is 7.99. The van der Waals surface area contributed by atoms with Gasteiger partial charge in [0.05, 0.1) is 12.7 Å². The smallest absolute Gasteiger partial charge is 0.115 e. The van der Waals surface area contributed by atoms with Crippen molar-refractivity contribution < 1.29 is 9.84 Å². The van der Waals surface area contributed by atoms with Crippen LogP contribution in [0.15, 0.2) is 0 Å². The maximum absolute atomic E-state index is 9.66. The van der Waals surface area contributed by atoms with Crippen LogP contribution in [0.4, 0.5) is 0 Å². The predicted octanol–water partition coefficient (Wildman–Crippen LogP) is 1.18. The summed E-state index contributed by atoms with van der Waals surface area (Å²) in [4.78, 5) is 0. The van der Waals surface area contributed by atoms with Gasteiger partial charge in [-0.2, -0.15) is 0 Å². The molecule has 2 nitrogen and oxygen atoms in total. The lowest BCUT2D eigenvalue weighted by Gasteiger charge is -2.28. The summed E-state index contributed by atoms with van der Waals surface area (Å²) in [6.45, 7) is 8.70. The van der Waals surface area contributed by atoms with Gasteiger partial charge in [-0.25, -0.2) is 0 Å². The number of epoxide rings is 1. The Morgan fingerprint density at radius 1 is 1.50 bits per heavy atom. The quantitative estimate of drug-likeness (QED) is 0.560. The van der Waals surface area contributed by atoms with Crippen LogP contribution in [0.25, 0.3) is 0 Å². The summed E-state index contributed by atoms with van der Waals surface area (Å²) in [6.07, 6.45) is -0.347. The van der Waals surface area contributed by atoms with Crippen LogP contribution < -0.4 is 0 Å². The highest BCUT2D eigenvalue weighted by Crippen LogP contribution is 2.38. The van der Waals surface area contributed by atoms with Crippen molar-refractivity contribution in [1.29, 1.82) is 0 Å². The molecule has 10 heavy (non-hydrogen) atoms. The average molecular weight is 144 g/mol. The molecule has 60 valence electrons. The molecule has 1 heterocycles. The summed E-state index contributed by atoms with van der Waals surface area (Å²) >= 11 is 0. The molecule has 0 aromatic rings. The first-order valence-electron chi connectivity index (χ1n) is 3.68. The van der Waals surface area contributed by atoms with Gasteiger partial charge in [0.2, 0.25) is 0 Å². The van der Waals surface area contributed by atoms with Gasteiger partial charge >= 0.3 is 0 Å². The molecule has 2 heteroatoms. The number of ether oxygens (including phenoxy) is 1. The van der Waals surface area contributed by atoms with Gasteiger partial charge < -0.3 is 9.84 Å². The van der Waals surface area contributed by atoms with E-state index in [-0.39, 0.29) is 17.1 Å². The van der Waals surface area contributed by atoms with E-state index in [1.54, 1.807) is 0 Å². The Kier molecular flexibility index (Phi) is 1.57. The van der Waals surface area contributed by atoms with Crippen LogP contribution >= 0.6 is 0 Å². The van der Waals surface area contributed by atoms with Crippen molar-refractivity contribution >= 4 is 0 Å². The molecule has 0 bridgehead atoms. The van der Waals surface area contributed by atoms with Gasteiger partial charge in [0.1, 0.15) is 5.60 Å². The Morgan fingerprint density at radius 2 is 1.90 bits per heavy atom. The van der Waals surface area contributed by atoms with E-state index in [1.165, 1.54) is 0 Å². The van der Waals surface area contributed by atoms with Crippen LogP contribution in [0.3, 0.4) is 0 Å². The Balaban J connectivity index is 2.57. The standard InChI is InChI=1S/C8H16O2/c1-7(2,3)6(9)8(4)5-10-8/h6,9H,5H2,1-4H3. The molecule has 2 atom stereocenters. The summed E-state index contributed by atoms with van der Waals surface area (Å²) in [6, 6.07) is 0. The van der Waals surface area contributed by atoms with Crippen molar-refractivity contribution in [2.24, 2.45) is 5.41 Å². The minimum atomic E-state index is -0.347. The van der Waals surface area contributed by atoms with Crippen molar-refractivity contribution in [3.63, 3.8) is 0 Å². The Bertz CT molecular complexity index is 125. The van der Waals surface area contributed by atoms with E-state index in [0.29, 0.717) is 6.61 Å². The molecule has 1 saturated heterocycles. The van der Waals surface area contributed by atoms with Gasteiger partial charge in [-0.1, -0.05) is 20.8 Å². The van der Waals surface area contributed by atoms with Gasteiger partial charge in [-0.05, 0) is 12.3 Å². The summed E-state index contributed by atoms with van der Waals surface area (Å²) in [5, 5.41) is 9.66. The maximum atomic E-state index is 9.66. The lowest BCUT2D eigenvalue weighted by molar-refractivity contribution is -0.00000595. The topological polar surface area (TPSA) is 32.8 Å². The molecule has 1 aliphatic heterocycles. The van der Waals surface area contributed by atoms with E-state index in [1.807, 2.05) is 27.7 Å². The third-order valence-electron chi connectivity index (χ3n) is 2.00. The fraction of sp³-hybridized carbons (Fsp3) is 1.00. The highest BCUT2D eigenvalue weighted by atomic mass is 16.6. The van der Waals surface area contributed by atoms with E-state index in [2.05, 4.69) is 0 Å². The number of hydrogen-bond acceptors (Lipinski definition) is 2. The molecular formula is C8H16O2. The second-order valence-electron chi connectivity index (χ2n) is 4.37. The average Bonchev–Trinajstić information content (AvgIpc) is 2.45. The molecule has 0 aromatic carbocycles. The molecule has 1 rings (SSSR count). The van der Waals surface area contributed by atoms with Crippen LogP contribution in [0.1, 0.15) is 27.7 Å². The molecule has 1 fully saturated rings. The Labute approximate surface area is 62.2 Å². The first-order valence-corrected chi connectivity index (χ1v) is 3.68. The van der Waals surface area contributed by atoms with Crippen molar-refractivity contribution in [2.45, 2.75) is 39.4 Å². The van der Waals surface area contributed by atoms with E-state index < -0.39 is 0 Å². The van der Waals surface area contributed by atoms with Gasteiger partial charge in [0, 0.05) is 0 Å². The molecule has 1 N–H and O–H groups in total. The van der Waals surface area contributed by atoms with Gasteiger partial charge in [0.15, 0.2) is 0 Å². The fourth-order valence-electron chi connectivity index (χ4n) is 1.19. The second-order valence-corrected chi connectivity index (χ2v) is 4.37. The number of aliphatic hydroxyl groups is 1. The lowest BCUT2D eigenvalue weighted by atomic mass is 9.82. The molecule has 0 saturated carbocycles. The van der Waals surface area contributed by atoms with Crippen molar-refractivity contribution in [1.82, 2.24) is 0 Å². The molecule has 1 aliphatic rings. The Morgan fingerprint density at radius 3 is 2.00 bits per heavy atom. The minimum absolute atomic E-state index is 0.0642. The van der Waals surface area contributed by atoms with Crippen LogP contribution in [-0.2, 0) is 4.74 Å². The summed E-state index contributed by atoms with van der Waals surface area (Å²) < 4.78 is 5.13. The van der Waals surface area contributed by atoms with Crippen molar-refractivity contribution in [3.8, 4) is 0 Å². The van der Waals surface area contributed by atoms with Crippen LogP contribution in [0.2, 0.25) is 0 Å². The van der Waals surface area contributed by atoms with Gasteiger partial charge in [-0.15, -0.1) is 0 Å². The largest absolute Gasteiger partial charge is 0.389 e. The normalized spacial score (nSPS) is 35.7. The zero-order valence-corrected chi connectivity index (χ0v) is 7.14. The predicted molar refractivity (Wildman–Crippen MR) is 39.8 cm³/mol. The van der Waals surface area contributed by atoms with Crippen molar-refractivity contribution in [2.75, 3.05) is 6.61 Å². The van der Waals surface area contributed by atoms with Gasteiger partial charge in [0.25, 0.3) is 0 Å². The van der Waals surface area contributed by atoms with E-state index in [0.717, 1.165) is 0 Å². The Hall–Kier alpha value is -0.0800. The molecule has 0 amide bonds. The van der Waals surface area contributed by atoms with Gasteiger partial charge in [-0.3, -0.25) is 0 Å². The molecule has 0 aromatic heterocycles. The summed E-state index contributed by atoms with van der Waals surface area (Å²) in [5.41, 5.74) is -0.316. The molecular weight excluding hydrogens is 128 g/mol. The highest BCUT2D eigenvalue weighted by molar-refractivity contribution is 4.99. The van der Waals surface area contributed by atoms with E-state index in [9.17, 15) is 5.11 Å². The molecule has 0 radical (unpaired) electrons. The number of rotatable bonds is 1. The summed E-state index contributed by atoms with van der Waals surface area (Å²) in [7, 11) is 0. The lowest BCUT2D eigenvalue weighted by Crippen LogP contribution is -2.38. The zero-order valence-electron chi connectivity index (χ0n) is 7.14. The highest BCUT2D eigenvalue weighted by Gasteiger charge is 2.50. The SMILES string of the molecule is CC(C)(C)C(O)C1(C)CO1. The number of aliphatic hydroxyl groups excluding tert-OH is 1. The summed E-state index contributed by atoms with van der Waals surface area (Å²) in [5.74, 6) is 0. The monoisotopic (exact) mass is 144 g/mol. The molecule has 0 aliphatic carbocycles. The third-order valence-corrected chi connectivity index (χ3v) is 2.00. The van der Waals surface area contributed by atoms with Crippen LogP contribution in [0.5, 0.6) is 0 Å². The first kappa shape index (κ1) is 8.02. The molecule has 0 spiro atoms. The minimum Gasteiger partial charge on any atom is -0.389 e. The van der Waals surface area contributed by atoms with E-state index >= 15 is 0 Å².